The Morgan fingerprint density at radius 2 is 2.05 bits per heavy atom. The third-order valence-electron chi connectivity index (χ3n) is 2.76. The molecule has 2 N–H and O–H groups in total. The number of carbonyl (C=O) groups is 2. The SMILES string of the molecule is O=C(O)C[C@H](NC(=O)c1cnccn1)c1ccccc1Cl. The molecular formula is C14H12ClN3O3. The first kappa shape index (κ1) is 14.9. The van der Waals surface area contributed by atoms with Gasteiger partial charge in [-0.1, -0.05) is 29.8 Å². The lowest BCUT2D eigenvalue weighted by Crippen LogP contribution is -2.31. The van der Waals surface area contributed by atoms with E-state index in [1.165, 1.54) is 18.6 Å². The Morgan fingerprint density at radius 3 is 2.67 bits per heavy atom. The number of nitrogens with one attached hydrogen (secondary N) is 1. The summed E-state index contributed by atoms with van der Waals surface area (Å²) >= 11 is 6.06. The van der Waals surface area contributed by atoms with Gasteiger partial charge in [-0.15, -0.1) is 0 Å². The van der Waals surface area contributed by atoms with E-state index in [1.807, 2.05) is 0 Å². The third-order valence-corrected chi connectivity index (χ3v) is 3.10. The minimum absolute atomic E-state index is 0.111. The Morgan fingerprint density at radius 1 is 1.29 bits per heavy atom. The van der Waals surface area contributed by atoms with Gasteiger partial charge < -0.3 is 10.4 Å². The molecule has 21 heavy (non-hydrogen) atoms. The van der Waals surface area contributed by atoms with E-state index in [0.29, 0.717) is 10.6 Å². The Hall–Kier alpha value is -2.47. The molecule has 1 amide bonds. The lowest BCUT2D eigenvalue weighted by Gasteiger charge is -2.18. The molecule has 0 fully saturated rings. The molecular weight excluding hydrogens is 294 g/mol. The molecule has 7 heteroatoms. The van der Waals surface area contributed by atoms with Crippen LogP contribution in [-0.2, 0) is 4.79 Å². The highest BCUT2D eigenvalue weighted by atomic mass is 35.5. The number of halogens is 1. The lowest BCUT2D eigenvalue weighted by molar-refractivity contribution is -0.137. The third kappa shape index (κ3) is 4.00. The normalized spacial score (nSPS) is 11.7. The fourth-order valence-corrected chi connectivity index (χ4v) is 2.09. The highest BCUT2D eigenvalue weighted by Crippen LogP contribution is 2.25. The van der Waals surface area contributed by atoms with Crippen molar-refractivity contribution in [2.24, 2.45) is 0 Å². The van der Waals surface area contributed by atoms with E-state index in [-0.39, 0.29) is 12.1 Å². The van der Waals surface area contributed by atoms with Crippen molar-refractivity contribution in [1.82, 2.24) is 15.3 Å². The van der Waals surface area contributed by atoms with Gasteiger partial charge in [-0.05, 0) is 11.6 Å². The summed E-state index contributed by atoms with van der Waals surface area (Å²) in [7, 11) is 0. The predicted octanol–water partition coefficient (Wildman–Crippen LogP) is 2.08. The van der Waals surface area contributed by atoms with Gasteiger partial charge in [-0.2, -0.15) is 0 Å². The molecule has 1 heterocycles. The van der Waals surface area contributed by atoms with Gasteiger partial charge in [-0.3, -0.25) is 14.6 Å². The van der Waals surface area contributed by atoms with E-state index in [2.05, 4.69) is 15.3 Å². The van der Waals surface area contributed by atoms with E-state index in [0.717, 1.165) is 0 Å². The number of hydrogen-bond donors (Lipinski definition) is 2. The summed E-state index contributed by atoms with van der Waals surface area (Å²) in [5, 5.41) is 12.0. The van der Waals surface area contributed by atoms with E-state index >= 15 is 0 Å². The van der Waals surface area contributed by atoms with Crippen LogP contribution >= 0.6 is 11.6 Å². The monoisotopic (exact) mass is 305 g/mol. The molecule has 0 aliphatic rings. The smallest absolute Gasteiger partial charge is 0.305 e. The molecule has 0 radical (unpaired) electrons. The van der Waals surface area contributed by atoms with Gasteiger partial charge in [0.2, 0.25) is 0 Å². The molecule has 0 unspecified atom stereocenters. The first-order chi connectivity index (χ1) is 10.1. The second-order valence-electron chi connectivity index (χ2n) is 4.24. The second-order valence-corrected chi connectivity index (χ2v) is 4.64. The maximum atomic E-state index is 12.1. The zero-order chi connectivity index (χ0) is 15.2. The molecule has 0 aliphatic carbocycles. The number of aliphatic carboxylic acids is 1. The molecule has 0 aliphatic heterocycles. The van der Waals surface area contributed by atoms with Gasteiger partial charge in [0.05, 0.1) is 18.7 Å². The van der Waals surface area contributed by atoms with Gasteiger partial charge in [0.25, 0.3) is 5.91 Å². The Kier molecular flexibility index (Phi) is 4.84. The quantitative estimate of drug-likeness (QED) is 0.882. The van der Waals surface area contributed by atoms with Gasteiger partial charge in [0, 0.05) is 17.4 Å². The number of carboxylic acid groups (broad SMARTS) is 1. The molecule has 1 aromatic heterocycles. The average molecular weight is 306 g/mol. The summed E-state index contributed by atoms with van der Waals surface area (Å²) in [4.78, 5) is 30.7. The maximum absolute atomic E-state index is 12.1. The van der Waals surface area contributed by atoms with Gasteiger partial charge in [0.1, 0.15) is 5.69 Å². The van der Waals surface area contributed by atoms with Crippen molar-refractivity contribution in [2.75, 3.05) is 0 Å². The number of aromatic nitrogens is 2. The summed E-state index contributed by atoms with van der Waals surface area (Å²) in [6.45, 7) is 0. The summed E-state index contributed by atoms with van der Waals surface area (Å²) < 4.78 is 0. The highest BCUT2D eigenvalue weighted by Gasteiger charge is 2.21. The van der Waals surface area contributed by atoms with Crippen LogP contribution in [0.5, 0.6) is 0 Å². The van der Waals surface area contributed by atoms with Gasteiger partial charge in [0.15, 0.2) is 0 Å². The van der Waals surface area contributed by atoms with Crippen molar-refractivity contribution in [3.05, 3.63) is 59.1 Å². The minimum Gasteiger partial charge on any atom is -0.481 e. The van der Waals surface area contributed by atoms with E-state index in [9.17, 15) is 9.59 Å². The van der Waals surface area contributed by atoms with E-state index in [1.54, 1.807) is 24.3 Å². The molecule has 108 valence electrons. The lowest BCUT2D eigenvalue weighted by atomic mass is 10.0. The van der Waals surface area contributed by atoms with Crippen LogP contribution in [0.1, 0.15) is 28.5 Å². The van der Waals surface area contributed by atoms with Crippen molar-refractivity contribution >= 4 is 23.5 Å². The molecule has 0 saturated carbocycles. The number of rotatable bonds is 5. The van der Waals surface area contributed by atoms with E-state index in [4.69, 9.17) is 16.7 Å². The van der Waals surface area contributed by atoms with Crippen molar-refractivity contribution in [2.45, 2.75) is 12.5 Å². The predicted molar refractivity (Wildman–Crippen MR) is 75.9 cm³/mol. The van der Waals surface area contributed by atoms with Crippen LogP contribution in [0.25, 0.3) is 0 Å². The molecule has 2 rings (SSSR count). The number of hydrogen-bond acceptors (Lipinski definition) is 4. The summed E-state index contributed by atoms with van der Waals surface area (Å²) in [6, 6.07) is 6.02. The van der Waals surface area contributed by atoms with Crippen LogP contribution in [0.4, 0.5) is 0 Å². The first-order valence-corrected chi connectivity index (χ1v) is 6.49. The van der Waals surface area contributed by atoms with Gasteiger partial charge in [-0.25, -0.2) is 4.98 Å². The Bertz CT molecular complexity index is 649. The maximum Gasteiger partial charge on any atom is 0.305 e. The van der Waals surface area contributed by atoms with Crippen LogP contribution in [0.15, 0.2) is 42.9 Å². The first-order valence-electron chi connectivity index (χ1n) is 6.11. The van der Waals surface area contributed by atoms with Crippen molar-refractivity contribution in [3.8, 4) is 0 Å². The van der Waals surface area contributed by atoms with Crippen molar-refractivity contribution < 1.29 is 14.7 Å². The number of carboxylic acids is 1. The number of nitrogens with zero attached hydrogens (tertiary/aromatic N) is 2. The molecule has 6 nitrogen and oxygen atoms in total. The summed E-state index contributed by atoms with van der Waals surface area (Å²) in [5.74, 6) is -1.55. The number of carbonyl (C=O) groups excluding carboxylic acids is 1. The van der Waals surface area contributed by atoms with Crippen LogP contribution < -0.4 is 5.32 Å². The van der Waals surface area contributed by atoms with Crippen LogP contribution in [-0.4, -0.2) is 27.0 Å². The molecule has 1 atom stereocenters. The molecule has 0 saturated heterocycles. The molecule has 1 aromatic carbocycles. The van der Waals surface area contributed by atoms with Crippen LogP contribution in [0, 0.1) is 0 Å². The number of amides is 1. The van der Waals surface area contributed by atoms with Crippen molar-refractivity contribution in [1.29, 1.82) is 0 Å². The Balaban J connectivity index is 2.23. The van der Waals surface area contributed by atoms with Gasteiger partial charge >= 0.3 is 5.97 Å². The molecule has 0 bridgehead atoms. The van der Waals surface area contributed by atoms with E-state index < -0.39 is 17.9 Å². The Labute approximate surface area is 125 Å². The summed E-state index contributed by atoms with van der Waals surface area (Å²) in [5.41, 5.74) is 0.652. The largest absolute Gasteiger partial charge is 0.481 e. The van der Waals surface area contributed by atoms with Crippen LogP contribution in [0.2, 0.25) is 5.02 Å². The molecule has 2 aromatic rings. The zero-order valence-corrected chi connectivity index (χ0v) is 11.6. The minimum atomic E-state index is -1.04. The van der Waals surface area contributed by atoms with Crippen molar-refractivity contribution in [3.63, 3.8) is 0 Å². The standard InChI is InChI=1S/C14H12ClN3O3/c15-10-4-2-1-3-9(10)11(7-13(19)20)18-14(21)12-8-16-5-6-17-12/h1-6,8,11H,7H2,(H,18,21)(H,19,20)/t11-/m0/s1. The topological polar surface area (TPSA) is 92.2 Å². The van der Waals surface area contributed by atoms with Crippen LogP contribution in [0.3, 0.4) is 0 Å². The fraction of sp³-hybridized carbons (Fsp3) is 0.143. The fourth-order valence-electron chi connectivity index (χ4n) is 1.82. The summed E-state index contributed by atoms with van der Waals surface area (Å²) in [6.07, 6.45) is 3.85. The number of benzene rings is 1. The average Bonchev–Trinajstić information content (AvgIpc) is 2.47. The second kappa shape index (κ2) is 6.81. The zero-order valence-electron chi connectivity index (χ0n) is 10.9. The highest BCUT2D eigenvalue weighted by molar-refractivity contribution is 6.31. The molecule has 0 spiro atoms.